The Balaban J connectivity index is 2.14. The molecule has 2 aromatic rings. The fourth-order valence-corrected chi connectivity index (χ4v) is 3.50. The topological polar surface area (TPSA) is 164 Å². The van der Waals surface area contributed by atoms with Gasteiger partial charge in [0.2, 0.25) is 11.9 Å². The van der Waals surface area contributed by atoms with E-state index in [1.165, 1.54) is 24.9 Å². The number of alkyl halides is 1. The number of ether oxygens (including phenoxy) is 2. The Morgan fingerprint density at radius 1 is 1.31 bits per heavy atom. The SMILES string of the molecule is COCCOC(=O)NCCC[C@H](Nc1nc(N)nc(SC)c1C#N)C(=O)Nc1cccc(CF)c1. The quantitative estimate of drug-likeness (QED) is 0.181. The van der Waals surface area contributed by atoms with Crippen LogP contribution >= 0.6 is 11.8 Å². The van der Waals surface area contributed by atoms with Gasteiger partial charge in [0.25, 0.3) is 0 Å². The Labute approximate surface area is 207 Å². The van der Waals surface area contributed by atoms with Gasteiger partial charge in [0.05, 0.1) is 6.61 Å². The zero-order chi connectivity index (χ0) is 25.6. The molecule has 0 bridgehead atoms. The number of carbonyl (C=O) groups is 2. The number of hydrogen-bond donors (Lipinski definition) is 4. The van der Waals surface area contributed by atoms with Crippen LogP contribution in [0.2, 0.25) is 0 Å². The van der Waals surface area contributed by atoms with Crippen molar-refractivity contribution in [2.24, 2.45) is 0 Å². The number of alkyl carbamates (subject to hydrolysis) is 1. The Kier molecular flexibility index (Phi) is 11.5. The normalized spacial score (nSPS) is 11.3. The number of carbonyl (C=O) groups excluding carboxylic acids is 2. The van der Waals surface area contributed by atoms with Gasteiger partial charge in [-0.25, -0.2) is 14.2 Å². The minimum Gasteiger partial charge on any atom is -0.447 e. The third-order valence-electron chi connectivity index (χ3n) is 4.63. The average Bonchev–Trinajstić information content (AvgIpc) is 2.85. The van der Waals surface area contributed by atoms with Crippen LogP contribution in [0.25, 0.3) is 0 Å². The zero-order valence-electron chi connectivity index (χ0n) is 19.5. The maximum atomic E-state index is 13.1. The number of hydrogen-bond acceptors (Lipinski definition) is 10. The molecule has 1 atom stereocenters. The number of nitrogen functional groups attached to an aromatic ring is 1. The lowest BCUT2D eigenvalue weighted by Gasteiger charge is -2.20. The van der Waals surface area contributed by atoms with E-state index < -0.39 is 24.7 Å². The van der Waals surface area contributed by atoms with Crippen molar-refractivity contribution in [1.29, 1.82) is 5.26 Å². The third kappa shape index (κ3) is 8.91. The van der Waals surface area contributed by atoms with E-state index >= 15 is 0 Å². The van der Waals surface area contributed by atoms with Crippen molar-refractivity contribution in [3.8, 4) is 6.07 Å². The molecular formula is C22H28FN7O4S. The molecule has 0 aliphatic heterocycles. The molecule has 1 aromatic heterocycles. The van der Waals surface area contributed by atoms with Crippen LogP contribution in [-0.4, -0.2) is 61.1 Å². The number of anilines is 3. The van der Waals surface area contributed by atoms with Gasteiger partial charge in [-0.05, 0) is 36.8 Å². The van der Waals surface area contributed by atoms with Gasteiger partial charge in [0.1, 0.15) is 36.0 Å². The summed E-state index contributed by atoms with van der Waals surface area (Å²) >= 11 is 1.22. The van der Waals surface area contributed by atoms with Crippen molar-refractivity contribution in [2.45, 2.75) is 30.6 Å². The summed E-state index contributed by atoms with van der Waals surface area (Å²) in [5.41, 5.74) is 6.78. The number of halogens is 1. The number of amides is 2. The Bertz CT molecular complexity index is 1050. The number of methoxy groups -OCH3 is 1. The van der Waals surface area contributed by atoms with Crippen molar-refractivity contribution in [1.82, 2.24) is 15.3 Å². The number of nitrogens with one attached hydrogen (secondary N) is 3. The molecule has 35 heavy (non-hydrogen) atoms. The molecule has 0 radical (unpaired) electrons. The summed E-state index contributed by atoms with van der Waals surface area (Å²) < 4.78 is 22.8. The summed E-state index contributed by atoms with van der Waals surface area (Å²) in [7, 11) is 1.50. The van der Waals surface area contributed by atoms with Gasteiger partial charge in [-0.2, -0.15) is 10.2 Å². The third-order valence-corrected chi connectivity index (χ3v) is 5.32. The highest BCUT2D eigenvalue weighted by Crippen LogP contribution is 2.25. The maximum absolute atomic E-state index is 13.1. The summed E-state index contributed by atoms with van der Waals surface area (Å²) in [4.78, 5) is 32.9. The van der Waals surface area contributed by atoms with Gasteiger partial charge in [-0.1, -0.05) is 12.1 Å². The fraction of sp³-hybridized carbons (Fsp3) is 0.409. The van der Waals surface area contributed by atoms with Crippen molar-refractivity contribution in [3.05, 3.63) is 35.4 Å². The second-order valence-electron chi connectivity index (χ2n) is 7.14. The number of nitrogens with two attached hydrogens (primary N) is 1. The predicted molar refractivity (Wildman–Crippen MR) is 131 cm³/mol. The van der Waals surface area contributed by atoms with E-state index in [0.29, 0.717) is 22.7 Å². The molecule has 0 aliphatic carbocycles. The van der Waals surface area contributed by atoms with Gasteiger partial charge in [0.15, 0.2) is 5.82 Å². The summed E-state index contributed by atoms with van der Waals surface area (Å²) in [5, 5.41) is 18.3. The first-order chi connectivity index (χ1) is 16.9. The van der Waals surface area contributed by atoms with E-state index in [1.54, 1.807) is 24.5 Å². The molecule has 11 nitrogen and oxygen atoms in total. The van der Waals surface area contributed by atoms with E-state index in [2.05, 4.69) is 25.9 Å². The van der Waals surface area contributed by atoms with Crippen LogP contribution in [0.4, 0.5) is 26.6 Å². The molecule has 2 rings (SSSR count). The molecule has 0 saturated heterocycles. The van der Waals surface area contributed by atoms with Gasteiger partial charge >= 0.3 is 6.09 Å². The fourth-order valence-electron chi connectivity index (χ4n) is 2.97. The van der Waals surface area contributed by atoms with Crippen LogP contribution < -0.4 is 21.7 Å². The summed E-state index contributed by atoms with van der Waals surface area (Å²) in [6, 6.07) is 7.59. The highest BCUT2D eigenvalue weighted by Gasteiger charge is 2.22. The summed E-state index contributed by atoms with van der Waals surface area (Å²) in [6.07, 6.45) is 1.80. The first-order valence-electron chi connectivity index (χ1n) is 10.6. The van der Waals surface area contributed by atoms with Gasteiger partial charge in [-0.15, -0.1) is 11.8 Å². The number of thioether (sulfide) groups is 1. The zero-order valence-corrected chi connectivity index (χ0v) is 20.3. The average molecular weight is 506 g/mol. The van der Waals surface area contributed by atoms with Crippen molar-refractivity contribution in [2.75, 3.05) is 49.5 Å². The highest BCUT2D eigenvalue weighted by atomic mass is 32.2. The monoisotopic (exact) mass is 505 g/mol. The van der Waals surface area contributed by atoms with E-state index in [1.807, 2.05) is 6.07 Å². The number of benzene rings is 1. The van der Waals surface area contributed by atoms with E-state index in [-0.39, 0.29) is 43.5 Å². The van der Waals surface area contributed by atoms with Crippen molar-refractivity contribution >= 4 is 41.2 Å². The molecular weight excluding hydrogens is 477 g/mol. The molecule has 5 N–H and O–H groups in total. The van der Waals surface area contributed by atoms with E-state index in [4.69, 9.17) is 15.2 Å². The molecule has 0 spiro atoms. The number of nitriles is 1. The Morgan fingerprint density at radius 3 is 2.80 bits per heavy atom. The Morgan fingerprint density at radius 2 is 2.11 bits per heavy atom. The first kappa shape index (κ1) is 27.6. The van der Waals surface area contributed by atoms with E-state index in [9.17, 15) is 19.2 Å². The molecule has 0 saturated carbocycles. The summed E-state index contributed by atoms with van der Waals surface area (Å²) in [6.45, 7) is -0.0241. The molecule has 13 heteroatoms. The predicted octanol–water partition coefficient (Wildman–Crippen LogP) is 2.69. The molecule has 0 aliphatic rings. The van der Waals surface area contributed by atoms with Gasteiger partial charge < -0.3 is 31.2 Å². The van der Waals surface area contributed by atoms with Crippen LogP contribution in [0.5, 0.6) is 0 Å². The largest absolute Gasteiger partial charge is 0.447 e. The standard InChI is InChI=1S/C22H28FN7O4S/c1-33-9-10-34-22(32)26-8-4-7-17(19(31)27-15-6-3-5-14(11-15)12-23)28-18-16(13-24)20(35-2)30-21(25)29-18/h3,5-6,11,17H,4,7-10,12H2,1-2H3,(H,26,32)(H,27,31)(H3,25,28,29,30)/t17-/m0/s1. The van der Waals surface area contributed by atoms with Crippen LogP contribution in [0.1, 0.15) is 24.0 Å². The molecule has 1 heterocycles. The Hall–Kier alpha value is -3.63. The van der Waals surface area contributed by atoms with Crippen LogP contribution in [0, 0.1) is 11.3 Å². The van der Waals surface area contributed by atoms with Crippen LogP contribution in [0.15, 0.2) is 29.3 Å². The first-order valence-corrected chi connectivity index (χ1v) is 11.9. The molecule has 2 amide bonds. The molecule has 0 unspecified atom stereocenters. The van der Waals surface area contributed by atoms with E-state index in [0.717, 1.165) is 0 Å². The maximum Gasteiger partial charge on any atom is 0.407 e. The minimum atomic E-state index is -0.855. The number of aromatic nitrogens is 2. The van der Waals surface area contributed by atoms with Crippen molar-refractivity contribution in [3.63, 3.8) is 0 Å². The van der Waals surface area contributed by atoms with Gasteiger partial charge in [0, 0.05) is 19.3 Å². The van der Waals surface area contributed by atoms with Crippen molar-refractivity contribution < 1.29 is 23.5 Å². The molecule has 188 valence electrons. The second-order valence-corrected chi connectivity index (χ2v) is 7.94. The minimum absolute atomic E-state index is 0.0499. The second kappa shape index (κ2) is 14.6. The smallest absolute Gasteiger partial charge is 0.407 e. The van der Waals surface area contributed by atoms with Crippen LogP contribution in [-0.2, 0) is 20.9 Å². The van der Waals surface area contributed by atoms with Crippen LogP contribution in [0.3, 0.4) is 0 Å². The number of rotatable bonds is 13. The molecule has 0 fully saturated rings. The number of nitrogens with zero attached hydrogens (tertiary/aromatic N) is 3. The molecule has 1 aromatic carbocycles. The lowest BCUT2D eigenvalue weighted by atomic mass is 10.1. The lowest BCUT2D eigenvalue weighted by molar-refractivity contribution is -0.117. The summed E-state index contributed by atoms with van der Waals surface area (Å²) in [5.74, 6) is -0.365. The van der Waals surface area contributed by atoms with Gasteiger partial charge in [-0.3, -0.25) is 4.79 Å². The lowest BCUT2D eigenvalue weighted by Crippen LogP contribution is -2.36. The highest BCUT2D eigenvalue weighted by molar-refractivity contribution is 7.98.